The van der Waals surface area contributed by atoms with Gasteiger partial charge in [-0.2, -0.15) is 0 Å². The Labute approximate surface area is 149 Å². The quantitative estimate of drug-likeness (QED) is 0.730. The Morgan fingerprint density at radius 2 is 1.52 bits per heavy atom. The van der Waals surface area contributed by atoms with Gasteiger partial charge in [0.05, 0.1) is 10.7 Å². The standard InChI is InChI=1S/C16H15Cl3N2O2/c17-10-5-6-12(11(18)9-10)21-15(22)13(19)14(16(21)23)20-7-3-1-2-4-8-20/h5-6,9H,1-4,7-8H2. The monoisotopic (exact) mass is 372 g/mol. The summed E-state index contributed by atoms with van der Waals surface area (Å²) in [4.78, 5) is 28.2. The lowest BCUT2D eigenvalue weighted by molar-refractivity contribution is -0.121. The van der Waals surface area contributed by atoms with Crippen LogP contribution in [0.4, 0.5) is 5.69 Å². The molecule has 1 aromatic carbocycles. The van der Waals surface area contributed by atoms with Crippen molar-refractivity contribution in [3.63, 3.8) is 0 Å². The van der Waals surface area contributed by atoms with Crippen LogP contribution in [0.3, 0.4) is 0 Å². The van der Waals surface area contributed by atoms with Crippen molar-refractivity contribution in [1.29, 1.82) is 0 Å². The van der Waals surface area contributed by atoms with Gasteiger partial charge >= 0.3 is 0 Å². The largest absolute Gasteiger partial charge is 0.366 e. The van der Waals surface area contributed by atoms with Crippen molar-refractivity contribution < 1.29 is 9.59 Å². The molecule has 23 heavy (non-hydrogen) atoms. The zero-order chi connectivity index (χ0) is 16.6. The molecule has 2 aliphatic heterocycles. The third-order valence-corrected chi connectivity index (χ3v) is 4.96. The van der Waals surface area contributed by atoms with Gasteiger partial charge in [-0.3, -0.25) is 9.59 Å². The van der Waals surface area contributed by atoms with E-state index in [1.165, 1.54) is 6.07 Å². The molecule has 4 nitrogen and oxygen atoms in total. The van der Waals surface area contributed by atoms with E-state index in [2.05, 4.69) is 0 Å². The second kappa shape index (κ2) is 6.71. The molecule has 0 aromatic heterocycles. The number of carbonyl (C=O) groups is 2. The van der Waals surface area contributed by atoms with Crippen molar-refractivity contribution in [1.82, 2.24) is 4.90 Å². The fraction of sp³-hybridized carbons (Fsp3) is 0.375. The van der Waals surface area contributed by atoms with E-state index in [-0.39, 0.29) is 15.8 Å². The highest BCUT2D eigenvalue weighted by Crippen LogP contribution is 2.36. The third-order valence-electron chi connectivity index (χ3n) is 4.08. The number of benzene rings is 1. The second-order valence-electron chi connectivity index (χ2n) is 5.61. The van der Waals surface area contributed by atoms with Gasteiger partial charge in [-0.05, 0) is 31.0 Å². The van der Waals surface area contributed by atoms with Crippen molar-refractivity contribution in [3.05, 3.63) is 39.0 Å². The molecule has 2 aliphatic rings. The fourth-order valence-corrected chi connectivity index (χ4v) is 3.72. The highest BCUT2D eigenvalue weighted by Gasteiger charge is 2.42. The molecule has 7 heteroatoms. The number of imide groups is 1. The number of carbonyl (C=O) groups excluding carboxylic acids is 2. The van der Waals surface area contributed by atoms with Crippen LogP contribution in [-0.2, 0) is 9.59 Å². The van der Waals surface area contributed by atoms with E-state index in [0.29, 0.717) is 10.7 Å². The van der Waals surface area contributed by atoms with Crippen molar-refractivity contribution in [2.75, 3.05) is 18.0 Å². The molecule has 2 heterocycles. The molecule has 1 saturated heterocycles. The van der Waals surface area contributed by atoms with Gasteiger partial charge in [0.15, 0.2) is 0 Å². The van der Waals surface area contributed by atoms with Crippen LogP contribution in [0.15, 0.2) is 28.9 Å². The maximum Gasteiger partial charge on any atom is 0.283 e. The number of hydrogen-bond donors (Lipinski definition) is 0. The summed E-state index contributed by atoms with van der Waals surface area (Å²) in [5.74, 6) is -0.966. The Hall–Kier alpha value is -1.23. The number of rotatable bonds is 2. The fourth-order valence-electron chi connectivity index (χ4n) is 2.94. The Morgan fingerprint density at radius 1 is 0.870 bits per heavy atom. The van der Waals surface area contributed by atoms with Crippen LogP contribution in [0, 0.1) is 0 Å². The summed E-state index contributed by atoms with van der Waals surface area (Å²) in [6.07, 6.45) is 4.21. The zero-order valence-corrected chi connectivity index (χ0v) is 14.6. The first-order valence-electron chi connectivity index (χ1n) is 7.49. The molecule has 0 unspecified atom stereocenters. The molecule has 0 spiro atoms. The molecule has 1 aromatic rings. The average molecular weight is 374 g/mol. The number of likely N-dealkylation sites (tertiary alicyclic amines) is 1. The van der Waals surface area contributed by atoms with Gasteiger partial charge in [-0.1, -0.05) is 47.6 Å². The first-order chi connectivity index (χ1) is 11.0. The highest BCUT2D eigenvalue weighted by molar-refractivity contribution is 6.53. The molecule has 0 radical (unpaired) electrons. The summed E-state index contributed by atoms with van der Waals surface area (Å²) in [5.41, 5.74) is 0.582. The SMILES string of the molecule is O=C1C(Cl)=C(N2CCCCCC2)C(=O)N1c1ccc(Cl)cc1Cl. The minimum atomic E-state index is -0.542. The van der Waals surface area contributed by atoms with Gasteiger partial charge in [-0.25, -0.2) is 4.90 Å². The molecule has 0 atom stereocenters. The van der Waals surface area contributed by atoms with E-state index in [1.807, 2.05) is 4.90 Å². The summed E-state index contributed by atoms with van der Waals surface area (Å²) in [5, 5.41) is 0.633. The molecule has 2 amide bonds. The predicted octanol–water partition coefficient (Wildman–Crippen LogP) is 4.19. The van der Waals surface area contributed by atoms with E-state index >= 15 is 0 Å². The predicted molar refractivity (Wildman–Crippen MR) is 91.9 cm³/mol. The van der Waals surface area contributed by atoms with Gasteiger partial charge in [-0.15, -0.1) is 0 Å². The Bertz CT molecular complexity index is 695. The summed E-state index contributed by atoms with van der Waals surface area (Å²) in [7, 11) is 0. The zero-order valence-electron chi connectivity index (χ0n) is 12.3. The van der Waals surface area contributed by atoms with Gasteiger partial charge in [0, 0.05) is 18.1 Å². The van der Waals surface area contributed by atoms with Crippen LogP contribution in [0.5, 0.6) is 0 Å². The number of hydrogen-bond acceptors (Lipinski definition) is 3. The molecular weight excluding hydrogens is 359 g/mol. The topological polar surface area (TPSA) is 40.6 Å². The first-order valence-corrected chi connectivity index (χ1v) is 8.62. The van der Waals surface area contributed by atoms with Crippen LogP contribution >= 0.6 is 34.8 Å². The van der Waals surface area contributed by atoms with Crippen molar-refractivity contribution in [2.45, 2.75) is 25.7 Å². The molecule has 122 valence electrons. The molecule has 0 aliphatic carbocycles. The smallest absolute Gasteiger partial charge is 0.283 e. The van der Waals surface area contributed by atoms with Crippen LogP contribution < -0.4 is 4.90 Å². The highest BCUT2D eigenvalue weighted by atomic mass is 35.5. The maximum atomic E-state index is 12.8. The van der Waals surface area contributed by atoms with Gasteiger partial charge < -0.3 is 4.90 Å². The average Bonchev–Trinajstić information content (AvgIpc) is 2.71. The van der Waals surface area contributed by atoms with E-state index in [1.54, 1.807) is 12.1 Å². The summed E-state index contributed by atoms with van der Waals surface area (Å²) in [6, 6.07) is 4.63. The lowest BCUT2D eigenvalue weighted by Gasteiger charge is -2.24. The minimum Gasteiger partial charge on any atom is -0.366 e. The number of amides is 2. The normalized spacial score (nSPS) is 19.6. The van der Waals surface area contributed by atoms with E-state index in [0.717, 1.165) is 43.7 Å². The molecular formula is C16H15Cl3N2O2. The van der Waals surface area contributed by atoms with Gasteiger partial charge in [0.1, 0.15) is 10.7 Å². The Kier molecular flexibility index (Phi) is 4.85. The van der Waals surface area contributed by atoms with Crippen LogP contribution in [-0.4, -0.2) is 29.8 Å². The van der Waals surface area contributed by atoms with Crippen LogP contribution in [0.1, 0.15) is 25.7 Å². The number of halogens is 3. The third kappa shape index (κ3) is 3.08. The molecule has 1 fully saturated rings. The Morgan fingerprint density at radius 3 is 2.13 bits per heavy atom. The van der Waals surface area contributed by atoms with Crippen molar-refractivity contribution >= 4 is 52.3 Å². The molecule has 0 N–H and O–H groups in total. The number of anilines is 1. The molecule has 0 saturated carbocycles. The van der Waals surface area contributed by atoms with E-state index in [9.17, 15) is 9.59 Å². The summed E-state index contributed by atoms with van der Waals surface area (Å²) < 4.78 is 0. The van der Waals surface area contributed by atoms with Crippen molar-refractivity contribution in [2.24, 2.45) is 0 Å². The van der Waals surface area contributed by atoms with Crippen molar-refractivity contribution in [3.8, 4) is 0 Å². The van der Waals surface area contributed by atoms with Crippen LogP contribution in [0.25, 0.3) is 0 Å². The summed E-state index contributed by atoms with van der Waals surface area (Å²) in [6.45, 7) is 1.46. The lowest BCUT2D eigenvalue weighted by atomic mass is 10.2. The van der Waals surface area contributed by atoms with Gasteiger partial charge in [0.25, 0.3) is 11.8 Å². The van der Waals surface area contributed by atoms with Crippen LogP contribution in [0.2, 0.25) is 10.0 Å². The van der Waals surface area contributed by atoms with E-state index < -0.39 is 11.8 Å². The van der Waals surface area contributed by atoms with Gasteiger partial charge in [0.2, 0.25) is 0 Å². The first kappa shape index (κ1) is 16.6. The Balaban J connectivity index is 1.95. The van der Waals surface area contributed by atoms with E-state index in [4.69, 9.17) is 34.8 Å². The number of nitrogens with zero attached hydrogens (tertiary/aromatic N) is 2. The minimum absolute atomic E-state index is 0.0390. The summed E-state index contributed by atoms with van der Waals surface area (Å²) >= 11 is 18.2. The molecule has 3 rings (SSSR count). The molecule has 0 bridgehead atoms. The lowest BCUT2D eigenvalue weighted by Crippen LogP contribution is -2.35. The second-order valence-corrected chi connectivity index (χ2v) is 6.83. The maximum absolute atomic E-state index is 12.8.